The van der Waals surface area contributed by atoms with E-state index in [9.17, 15) is 0 Å². The number of benzene rings is 1. The van der Waals surface area contributed by atoms with Crippen molar-refractivity contribution >= 4 is 12.0 Å². The van der Waals surface area contributed by atoms with Gasteiger partial charge in [0.2, 0.25) is 0 Å². The molecule has 2 heteroatoms. The van der Waals surface area contributed by atoms with Gasteiger partial charge in [0, 0.05) is 0 Å². The molecule has 0 spiro atoms. The van der Waals surface area contributed by atoms with E-state index >= 15 is 0 Å². The molecule has 1 aromatic carbocycles. The predicted molar refractivity (Wildman–Crippen MR) is 56.5 cm³/mol. The molecule has 0 aliphatic rings. The number of carboxylic acids is 1. The summed E-state index contributed by atoms with van der Waals surface area (Å²) in [5, 5.41) is 9.14. The van der Waals surface area contributed by atoms with E-state index in [0.717, 1.165) is 6.08 Å². The number of carbonyl (C=O) groups excluding carboxylic acids is 1. The van der Waals surface area contributed by atoms with Gasteiger partial charge in [-0.1, -0.05) is 43.5 Å². The van der Waals surface area contributed by atoms with E-state index in [-0.39, 0.29) is 0 Å². The molecule has 0 saturated carbocycles. The zero-order valence-electron chi connectivity index (χ0n) is 8.19. The zero-order valence-corrected chi connectivity index (χ0v) is 8.19. The maximum absolute atomic E-state index is 9.14. The van der Waals surface area contributed by atoms with Gasteiger partial charge < -0.3 is 9.90 Å². The standard InChI is InChI=1S/C9H10.C3H4O2/c1-3-9-7-5-4-6-8(9)2;1-2-3(4)5/h3-7H,1H2,2H3;2H,1H2,(H,4,5)/p-1. The van der Waals surface area contributed by atoms with Crippen LogP contribution in [0.25, 0.3) is 6.08 Å². The first-order valence-electron chi connectivity index (χ1n) is 4.13. The molecule has 2 nitrogen and oxygen atoms in total. The van der Waals surface area contributed by atoms with Gasteiger partial charge in [0.1, 0.15) is 0 Å². The van der Waals surface area contributed by atoms with Crippen molar-refractivity contribution in [1.82, 2.24) is 0 Å². The molecule has 0 heterocycles. The van der Waals surface area contributed by atoms with Gasteiger partial charge in [0.15, 0.2) is 0 Å². The molecule has 0 unspecified atom stereocenters. The first-order valence-corrected chi connectivity index (χ1v) is 4.13. The first kappa shape index (κ1) is 12.2. The van der Waals surface area contributed by atoms with Crippen LogP contribution in [0.2, 0.25) is 0 Å². The molecule has 0 radical (unpaired) electrons. The average molecular weight is 189 g/mol. The van der Waals surface area contributed by atoms with Crippen LogP contribution in [0.15, 0.2) is 43.5 Å². The number of hydrogen-bond donors (Lipinski definition) is 0. The molecule has 0 atom stereocenters. The average Bonchev–Trinajstić information content (AvgIpc) is 2.19. The van der Waals surface area contributed by atoms with Gasteiger partial charge in [-0.25, -0.2) is 0 Å². The van der Waals surface area contributed by atoms with Gasteiger partial charge in [-0.2, -0.15) is 0 Å². The van der Waals surface area contributed by atoms with Crippen molar-refractivity contribution in [3.05, 3.63) is 54.6 Å². The van der Waals surface area contributed by atoms with Crippen molar-refractivity contribution in [3.63, 3.8) is 0 Å². The summed E-state index contributed by atoms with van der Waals surface area (Å²) in [5.41, 5.74) is 2.50. The summed E-state index contributed by atoms with van der Waals surface area (Å²) in [6, 6.07) is 8.19. The molecule has 0 aliphatic carbocycles. The molecule has 0 aromatic heterocycles. The molecule has 0 fully saturated rings. The molecule has 14 heavy (non-hydrogen) atoms. The van der Waals surface area contributed by atoms with E-state index in [1.807, 2.05) is 18.2 Å². The van der Waals surface area contributed by atoms with E-state index in [1.165, 1.54) is 11.1 Å². The molecular weight excluding hydrogens is 176 g/mol. The Kier molecular flexibility index (Phi) is 5.79. The van der Waals surface area contributed by atoms with Gasteiger partial charge in [0.25, 0.3) is 0 Å². The Morgan fingerprint density at radius 1 is 1.36 bits per heavy atom. The smallest absolute Gasteiger partial charge is 0.0636 e. The van der Waals surface area contributed by atoms with Crippen LogP contribution in [0.1, 0.15) is 11.1 Å². The summed E-state index contributed by atoms with van der Waals surface area (Å²) in [7, 11) is 0. The number of aryl methyl sites for hydroxylation is 1. The second kappa shape index (κ2) is 6.66. The normalized spacial score (nSPS) is 8.07. The van der Waals surface area contributed by atoms with Crippen molar-refractivity contribution in [3.8, 4) is 0 Å². The van der Waals surface area contributed by atoms with Crippen molar-refractivity contribution in [2.75, 3.05) is 0 Å². The molecule has 1 rings (SSSR count). The van der Waals surface area contributed by atoms with Crippen molar-refractivity contribution < 1.29 is 9.90 Å². The van der Waals surface area contributed by atoms with Gasteiger partial charge in [-0.3, -0.25) is 0 Å². The molecule has 0 amide bonds. The van der Waals surface area contributed by atoms with Crippen LogP contribution >= 0.6 is 0 Å². The Bertz CT molecular complexity index is 327. The van der Waals surface area contributed by atoms with Crippen LogP contribution < -0.4 is 5.11 Å². The number of rotatable bonds is 2. The third kappa shape index (κ3) is 4.93. The van der Waals surface area contributed by atoms with E-state index in [0.29, 0.717) is 0 Å². The number of aliphatic carboxylic acids is 1. The Morgan fingerprint density at radius 3 is 2.14 bits per heavy atom. The third-order valence-electron chi connectivity index (χ3n) is 1.58. The maximum atomic E-state index is 9.14. The highest BCUT2D eigenvalue weighted by atomic mass is 16.4. The van der Waals surface area contributed by atoms with E-state index in [4.69, 9.17) is 9.90 Å². The lowest BCUT2D eigenvalue weighted by Gasteiger charge is -1.95. The number of carbonyl (C=O) groups is 1. The lowest BCUT2D eigenvalue weighted by atomic mass is 10.1. The zero-order chi connectivity index (χ0) is 11.0. The van der Waals surface area contributed by atoms with E-state index < -0.39 is 5.97 Å². The van der Waals surface area contributed by atoms with Crippen molar-refractivity contribution in [1.29, 1.82) is 0 Å². The second-order valence-electron chi connectivity index (χ2n) is 2.58. The molecular formula is C12H13O2-. The van der Waals surface area contributed by atoms with Crippen LogP contribution in [0.3, 0.4) is 0 Å². The number of hydrogen-bond acceptors (Lipinski definition) is 2. The van der Waals surface area contributed by atoms with Gasteiger partial charge in [0.05, 0.1) is 5.97 Å². The largest absolute Gasteiger partial charge is 0.545 e. The van der Waals surface area contributed by atoms with E-state index in [2.05, 4.69) is 32.2 Å². The Balaban J connectivity index is 0.000000292. The monoisotopic (exact) mass is 189 g/mol. The highest BCUT2D eigenvalue weighted by Crippen LogP contribution is 2.06. The Hall–Kier alpha value is -1.83. The summed E-state index contributed by atoms with van der Waals surface area (Å²) in [6.45, 7) is 8.67. The van der Waals surface area contributed by atoms with Crippen molar-refractivity contribution in [2.24, 2.45) is 0 Å². The lowest BCUT2D eigenvalue weighted by molar-refractivity contribution is -0.297. The summed E-state index contributed by atoms with van der Waals surface area (Å²) >= 11 is 0. The Labute approximate surface area is 84.2 Å². The number of carboxylic acid groups (broad SMARTS) is 1. The molecule has 1 aromatic rings. The van der Waals surface area contributed by atoms with Crippen LogP contribution in [-0.2, 0) is 4.79 Å². The first-order chi connectivity index (χ1) is 6.61. The fraction of sp³-hybridized carbons (Fsp3) is 0.0833. The summed E-state index contributed by atoms with van der Waals surface area (Å²) < 4.78 is 0. The molecule has 0 N–H and O–H groups in total. The van der Waals surface area contributed by atoms with Gasteiger partial charge in [-0.05, 0) is 24.1 Å². The maximum Gasteiger partial charge on any atom is 0.0636 e. The highest BCUT2D eigenvalue weighted by molar-refractivity contribution is 5.76. The van der Waals surface area contributed by atoms with Gasteiger partial charge >= 0.3 is 0 Å². The molecule has 0 saturated heterocycles. The minimum atomic E-state index is -1.23. The summed E-state index contributed by atoms with van der Waals surface area (Å²) in [4.78, 5) is 9.14. The van der Waals surface area contributed by atoms with Crippen LogP contribution in [0, 0.1) is 6.92 Å². The molecule has 0 bridgehead atoms. The van der Waals surface area contributed by atoms with E-state index in [1.54, 1.807) is 0 Å². The minimum Gasteiger partial charge on any atom is -0.545 e. The van der Waals surface area contributed by atoms with Crippen LogP contribution in [-0.4, -0.2) is 5.97 Å². The molecule has 74 valence electrons. The van der Waals surface area contributed by atoms with Crippen molar-refractivity contribution in [2.45, 2.75) is 6.92 Å². The van der Waals surface area contributed by atoms with Crippen LogP contribution in [0.4, 0.5) is 0 Å². The van der Waals surface area contributed by atoms with Gasteiger partial charge in [-0.15, -0.1) is 0 Å². The predicted octanol–water partition coefficient (Wildman–Crippen LogP) is 1.56. The third-order valence-corrected chi connectivity index (χ3v) is 1.58. The highest BCUT2D eigenvalue weighted by Gasteiger charge is 1.86. The SMILES string of the molecule is C=CC(=O)[O-].C=Cc1ccccc1C. The summed E-state index contributed by atoms with van der Waals surface area (Å²) in [5.74, 6) is -1.23. The molecule has 0 aliphatic heterocycles. The fourth-order valence-electron chi connectivity index (χ4n) is 0.816. The quantitative estimate of drug-likeness (QED) is 0.662. The van der Waals surface area contributed by atoms with Crippen LogP contribution in [0.5, 0.6) is 0 Å². The fourth-order valence-corrected chi connectivity index (χ4v) is 0.816. The Morgan fingerprint density at radius 2 is 1.86 bits per heavy atom. The topological polar surface area (TPSA) is 40.1 Å². The minimum absolute atomic E-state index is 0.722. The second-order valence-corrected chi connectivity index (χ2v) is 2.58. The lowest BCUT2D eigenvalue weighted by Crippen LogP contribution is -2.17. The summed E-state index contributed by atoms with van der Waals surface area (Å²) in [6.07, 6.45) is 2.59.